The van der Waals surface area contributed by atoms with Gasteiger partial charge in [0.25, 0.3) is 11.5 Å². The van der Waals surface area contributed by atoms with Crippen LogP contribution in [0.2, 0.25) is 0 Å². The van der Waals surface area contributed by atoms with Crippen LogP contribution < -0.4 is 15.7 Å². The Morgan fingerprint density at radius 3 is 2.57 bits per heavy atom. The van der Waals surface area contributed by atoms with Crippen molar-refractivity contribution >= 4 is 12.1 Å². The number of nitrogens with zero attached hydrogens (tertiary/aromatic N) is 2. The monoisotopic (exact) mass is 375 g/mol. The summed E-state index contributed by atoms with van der Waals surface area (Å²) in [5.41, 5.74) is 4.96. The molecule has 0 saturated carbocycles. The number of pyridine rings is 1. The van der Waals surface area contributed by atoms with Crippen molar-refractivity contribution in [3.8, 4) is 5.75 Å². The number of nitrogens with one attached hydrogen (secondary N) is 1. The fourth-order valence-electron chi connectivity index (χ4n) is 2.71. The molecule has 0 aliphatic heterocycles. The van der Waals surface area contributed by atoms with Crippen molar-refractivity contribution in [3.05, 3.63) is 99.5 Å². The summed E-state index contributed by atoms with van der Waals surface area (Å²) in [5, 5.41) is 3.97. The van der Waals surface area contributed by atoms with Crippen LogP contribution in [0.15, 0.2) is 76.8 Å². The van der Waals surface area contributed by atoms with Crippen LogP contribution >= 0.6 is 0 Å². The number of benzene rings is 2. The van der Waals surface area contributed by atoms with E-state index in [9.17, 15) is 9.59 Å². The van der Waals surface area contributed by atoms with Gasteiger partial charge >= 0.3 is 0 Å². The second-order valence-electron chi connectivity index (χ2n) is 6.26. The van der Waals surface area contributed by atoms with Crippen LogP contribution in [0.25, 0.3) is 0 Å². The number of rotatable bonds is 6. The molecule has 3 aromatic rings. The Kier molecular flexibility index (Phi) is 6.01. The first kappa shape index (κ1) is 19.1. The van der Waals surface area contributed by atoms with Gasteiger partial charge in [0.15, 0.2) is 0 Å². The molecule has 2 aromatic carbocycles. The maximum absolute atomic E-state index is 12.7. The smallest absolute Gasteiger partial charge is 0.276 e. The molecule has 1 heterocycles. The number of ether oxygens (including phenoxy) is 1. The molecule has 0 fully saturated rings. The van der Waals surface area contributed by atoms with Gasteiger partial charge in [0.1, 0.15) is 11.3 Å². The second-order valence-corrected chi connectivity index (χ2v) is 6.26. The topological polar surface area (TPSA) is 72.7 Å². The van der Waals surface area contributed by atoms with Gasteiger partial charge in [-0.15, -0.1) is 0 Å². The van der Waals surface area contributed by atoms with Gasteiger partial charge in [-0.25, -0.2) is 5.43 Å². The zero-order valence-electron chi connectivity index (χ0n) is 15.8. The lowest BCUT2D eigenvalue weighted by Gasteiger charge is -2.08. The normalized spacial score (nSPS) is 10.8. The molecule has 0 aliphatic carbocycles. The lowest BCUT2D eigenvalue weighted by atomic mass is 10.1. The molecule has 0 bridgehead atoms. The Morgan fingerprint density at radius 2 is 1.86 bits per heavy atom. The number of carbonyl (C=O) groups excluding carboxylic acids is 1. The van der Waals surface area contributed by atoms with Gasteiger partial charge < -0.3 is 9.30 Å². The molecule has 1 N–H and O–H groups in total. The van der Waals surface area contributed by atoms with E-state index in [1.165, 1.54) is 10.6 Å². The van der Waals surface area contributed by atoms with Gasteiger partial charge in [-0.05, 0) is 47.9 Å². The van der Waals surface area contributed by atoms with Gasteiger partial charge in [-0.3, -0.25) is 9.59 Å². The van der Waals surface area contributed by atoms with Crippen molar-refractivity contribution < 1.29 is 9.53 Å². The minimum atomic E-state index is -0.543. The molecule has 0 radical (unpaired) electrons. The number of hydrogen-bond donors (Lipinski definition) is 1. The van der Waals surface area contributed by atoms with Crippen molar-refractivity contribution in [3.63, 3.8) is 0 Å². The van der Waals surface area contributed by atoms with Gasteiger partial charge in [-0.2, -0.15) is 5.10 Å². The Hall–Kier alpha value is -3.67. The Bertz CT molecular complexity index is 1050. The Balaban J connectivity index is 1.73. The predicted molar refractivity (Wildman–Crippen MR) is 109 cm³/mol. The van der Waals surface area contributed by atoms with Gasteiger partial charge in [0.05, 0.1) is 19.9 Å². The van der Waals surface area contributed by atoms with Crippen LogP contribution in [0.4, 0.5) is 0 Å². The molecular weight excluding hydrogens is 354 g/mol. The third kappa shape index (κ3) is 4.54. The predicted octanol–water partition coefficient (Wildman–Crippen LogP) is 2.98. The van der Waals surface area contributed by atoms with Crippen LogP contribution in [0.1, 0.15) is 27.0 Å². The molecule has 28 heavy (non-hydrogen) atoms. The van der Waals surface area contributed by atoms with E-state index in [2.05, 4.69) is 10.5 Å². The van der Waals surface area contributed by atoms with Crippen LogP contribution in [0.3, 0.4) is 0 Å². The maximum atomic E-state index is 12.7. The average molecular weight is 375 g/mol. The first-order valence-corrected chi connectivity index (χ1v) is 8.80. The fraction of sp³-hybridized carbons (Fsp3) is 0.136. The zero-order chi connectivity index (χ0) is 19.9. The van der Waals surface area contributed by atoms with Crippen LogP contribution in [-0.2, 0) is 6.54 Å². The lowest BCUT2D eigenvalue weighted by molar-refractivity contribution is 0.0953. The summed E-state index contributed by atoms with van der Waals surface area (Å²) in [4.78, 5) is 25.0. The summed E-state index contributed by atoms with van der Waals surface area (Å²) < 4.78 is 6.62. The van der Waals surface area contributed by atoms with Gasteiger partial charge in [0.2, 0.25) is 0 Å². The standard InChI is InChI=1S/C22H21N3O3/c1-16-6-3-4-7-18(16)14-23-24-21(26)20-8-5-13-25(22(20)27)15-17-9-11-19(28-2)12-10-17/h3-14H,15H2,1-2H3,(H,24,26)/b23-14-. The molecule has 0 unspecified atom stereocenters. The highest BCUT2D eigenvalue weighted by atomic mass is 16.5. The molecule has 1 aromatic heterocycles. The maximum Gasteiger partial charge on any atom is 0.276 e. The van der Waals surface area contributed by atoms with Crippen LogP contribution in [-0.4, -0.2) is 23.8 Å². The third-order valence-corrected chi connectivity index (χ3v) is 4.33. The van der Waals surface area contributed by atoms with E-state index in [0.717, 1.165) is 22.4 Å². The quantitative estimate of drug-likeness (QED) is 0.532. The zero-order valence-corrected chi connectivity index (χ0v) is 15.8. The van der Waals surface area contributed by atoms with Crippen molar-refractivity contribution in [2.24, 2.45) is 5.10 Å². The number of carbonyl (C=O) groups is 1. The molecule has 142 valence electrons. The summed E-state index contributed by atoms with van der Waals surface area (Å²) in [7, 11) is 1.60. The molecule has 6 heteroatoms. The third-order valence-electron chi connectivity index (χ3n) is 4.33. The summed E-state index contributed by atoms with van der Waals surface area (Å²) in [5.74, 6) is 0.203. The number of methoxy groups -OCH3 is 1. The Labute approximate surface area is 163 Å². The number of hydrogen-bond acceptors (Lipinski definition) is 4. The van der Waals surface area contributed by atoms with Crippen LogP contribution in [0, 0.1) is 6.92 Å². The van der Waals surface area contributed by atoms with E-state index < -0.39 is 5.91 Å². The molecule has 0 spiro atoms. The highest BCUT2D eigenvalue weighted by molar-refractivity contribution is 5.94. The summed E-state index contributed by atoms with van der Waals surface area (Å²) >= 11 is 0. The molecule has 0 atom stereocenters. The first-order chi connectivity index (χ1) is 13.6. The molecule has 6 nitrogen and oxygen atoms in total. The largest absolute Gasteiger partial charge is 0.497 e. The first-order valence-electron chi connectivity index (χ1n) is 8.80. The van der Waals surface area contributed by atoms with Crippen molar-refractivity contribution in [1.82, 2.24) is 9.99 Å². The molecular formula is C22H21N3O3. The van der Waals surface area contributed by atoms with E-state index >= 15 is 0 Å². The van der Waals surface area contributed by atoms with Gasteiger partial charge in [0, 0.05) is 6.20 Å². The molecule has 1 amide bonds. The van der Waals surface area contributed by atoms with Crippen molar-refractivity contribution in [2.75, 3.05) is 7.11 Å². The fourth-order valence-corrected chi connectivity index (χ4v) is 2.71. The summed E-state index contributed by atoms with van der Waals surface area (Å²) in [6.45, 7) is 2.31. The summed E-state index contributed by atoms with van der Waals surface area (Å²) in [6, 6.07) is 18.3. The minimum absolute atomic E-state index is 0.0398. The van der Waals surface area contributed by atoms with Crippen molar-refractivity contribution in [1.29, 1.82) is 0 Å². The SMILES string of the molecule is COc1ccc(Cn2cccc(C(=O)N/N=C\c3ccccc3C)c2=O)cc1. The minimum Gasteiger partial charge on any atom is -0.497 e. The Morgan fingerprint density at radius 1 is 1.11 bits per heavy atom. The second kappa shape index (κ2) is 8.81. The number of aromatic nitrogens is 1. The van der Waals surface area contributed by atoms with Crippen LogP contribution in [0.5, 0.6) is 5.75 Å². The number of amides is 1. The van der Waals surface area contributed by atoms with E-state index in [1.807, 2.05) is 55.5 Å². The molecule has 0 saturated heterocycles. The van der Waals surface area contributed by atoms with E-state index in [0.29, 0.717) is 6.54 Å². The van der Waals surface area contributed by atoms with E-state index in [-0.39, 0.29) is 11.1 Å². The van der Waals surface area contributed by atoms with E-state index in [4.69, 9.17) is 4.74 Å². The van der Waals surface area contributed by atoms with Crippen molar-refractivity contribution in [2.45, 2.75) is 13.5 Å². The van der Waals surface area contributed by atoms with Gasteiger partial charge in [-0.1, -0.05) is 36.4 Å². The highest BCUT2D eigenvalue weighted by Crippen LogP contribution is 2.12. The molecule has 3 rings (SSSR count). The molecule has 0 aliphatic rings. The van der Waals surface area contributed by atoms with E-state index in [1.54, 1.807) is 25.6 Å². The highest BCUT2D eigenvalue weighted by Gasteiger charge is 2.11. The average Bonchev–Trinajstić information content (AvgIpc) is 2.71. The number of hydrazone groups is 1. The summed E-state index contributed by atoms with van der Waals surface area (Å²) in [6.07, 6.45) is 3.21. The number of aryl methyl sites for hydroxylation is 1. The lowest BCUT2D eigenvalue weighted by Crippen LogP contribution is -2.30.